The van der Waals surface area contributed by atoms with Crippen molar-refractivity contribution in [1.82, 2.24) is 9.55 Å². The number of nitrogens with one attached hydrogen (secondary N) is 1. The van der Waals surface area contributed by atoms with Gasteiger partial charge in [-0.2, -0.15) is 0 Å². The van der Waals surface area contributed by atoms with Crippen molar-refractivity contribution in [3.05, 3.63) is 121 Å². The molecule has 0 radical (unpaired) electrons. The van der Waals surface area contributed by atoms with E-state index in [0.717, 1.165) is 45.4 Å². The van der Waals surface area contributed by atoms with Gasteiger partial charge in [0.15, 0.2) is 0 Å². The summed E-state index contributed by atoms with van der Waals surface area (Å²) in [6.07, 6.45) is 2.12. The van der Waals surface area contributed by atoms with E-state index in [2.05, 4.69) is 112 Å². The molecule has 0 spiro atoms. The van der Waals surface area contributed by atoms with E-state index in [1.54, 1.807) is 0 Å². The number of rotatable bonds is 3. The second-order valence-electron chi connectivity index (χ2n) is 7.47. The number of hydrogen-bond acceptors (Lipinski definition) is 3. The number of aromatic nitrogens is 2. The van der Waals surface area contributed by atoms with Gasteiger partial charge in [0.25, 0.3) is 0 Å². The molecule has 0 bridgehead atoms. The van der Waals surface area contributed by atoms with Crippen LogP contribution in [0.5, 0.6) is 0 Å². The Labute approximate surface area is 180 Å². The number of fused-ring (bicyclic) bond motifs is 2. The van der Waals surface area contributed by atoms with Crippen LogP contribution in [0, 0.1) is 0 Å². The molecule has 0 saturated heterocycles. The normalized spacial score (nSPS) is 14.1. The molecule has 1 aliphatic heterocycles. The second kappa shape index (κ2) is 7.18. The Morgan fingerprint density at radius 1 is 0.645 bits per heavy atom. The predicted molar refractivity (Wildman–Crippen MR) is 128 cm³/mol. The maximum Gasteiger partial charge on any atom is 0.142 e. The lowest BCUT2D eigenvalue weighted by Crippen LogP contribution is -2.14. The van der Waals surface area contributed by atoms with Gasteiger partial charge in [-0.05, 0) is 48.5 Å². The SMILES string of the molecule is C(=C1/Nc2ccccc2N1c1ccccc1)/c1nc2ccccc2n1-c1ccccc1. The first-order valence-electron chi connectivity index (χ1n) is 10.3. The molecule has 0 unspecified atom stereocenters. The summed E-state index contributed by atoms with van der Waals surface area (Å²) in [5, 5.41) is 3.59. The van der Waals surface area contributed by atoms with E-state index in [9.17, 15) is 0 Å². The van der Waals surface area contributed by atoms with Crippen LogP contribution >= 0.6 is 0 Å². The van der Waals surface area contributed by atoms with Crippen molar-refractivity contribution in [2.24, 2.45) is 0 Å². The highest BCUT2D eigenvalue weighted by Crippen LogP contribution is 2.42. The number of imidazole rings is 1. The molecule has 0 fully saturated rings. The maximum atomic E-state index is 4.96. The molecular weight excluding hydrogens is 380 g/mol. The fraction of sp³-hybridized carbons (Fsp3) is 0. The molecule has 5 aromatic rings. The van der Waals surface area contributed by atoms with Crippen LogP contribution in [0.15, 0.2) is 115 Å². The zero-order valence-electron chi connectivity index (χ0n) is 16.8. The van der Waals surface area contributed by atoms with Crippen LogP contribution in [0.3, 0.4) is 0 Å². The van der Waals surface area contributed by atoms with Gasteiger partial charge in [0.2, 0.25) is 0 Å². The predicted octanol–water partition coefficient (Wildman–Crippen LogP) is 6.59. The molecule has 1 aromatic heterocycles. The highest BCUT2D eigenvalue weighted by atomic mass is 15.3. The molecule has 0 aliphatic carbocycles. The minimum Gasteiger partial charge on any atom is -0.340 e. The van der Waals surface area contributed by atoms with Crippen LogP contribution in [0.2, 0.25) is 0 Å². The third kappa shape index (κ3) is 2.97. The van der Waals surface area contributed by atoms with Crippen LogP contribution in [0.1, 0.15) is 5.82 Å². The van der Waals surface area contributed by atoms with Gasteiger partial charge in [-0.3, -0.25) is 9.47 Å². The van der Waals surface area contributed by atoms with Gasteiger partial charge in [-0.1, -0.05) is 60.7 Å². The molecule has 148 valence electrons. The van der Waals surface area contributed by atoms with Gasteiger partial charge in [-0.25, -0.2) is 4.98 Å². The number of benzene rings is 4. The molecule has 6 rings (SSSR count). The Morgan fingerprint density at radius 2 is 1.29 bits per heavy atom. The van der Waals surface area contributed by atoms with E-state index >= 15 is 0 Å². The summed E-state index contributed by atoms with van der Waals surface area (Å²) in [5.74, 6) is 1.85. The van der Waals surface area contributed by atoms with E-state index in [1.165, 1.54) is 0 Å². The molecule has 0 saturated carbocycles. The van der Waals surface area contributed by atoms with E-state index in [-0.39, 0.29) is 0 Å². The average molecular weight is 400 g/mol. The molecular formula is C27H20N4. The molecule has 4 heteroatoms. The van der Waals surface area contributed by atoms with Crippen molar-refractivity contribution < 1.29 is 0 Å². The lowest BCUT2D eigenvalue weighted by molar-refractivity contribution is 1.06. The number of hydrogen-bond donors (Lipinski definition) is 1. The first kappa shape index (κ1) is 17.5. The number of anilines is 3. The third-order valence-corrected chi connectivity index (χ3v) is 5.53. The van der Waals surface area contributed by atoms with Crippen molar-refractivity contribution in [2.75, 3.05) is 10.2 Å². The topological polar surface area (TPSA) is 33.1 Å². The Kier molecular flexibility index (Phi) is 4.06. The van der Waals surface area contributed by atoms with Crippen molar-refractivity contribution in [2.45, 2.75) is 0 Å². The average Bonchev–Trinajstić information content (AvgIpc) is 3.38. The van der Waals surface area contributed by atoms with Crippen LogP contribution in [0.25, 0.3) is 22.8 Å². The highest BCUT2D eigenvalue weighted by molar-refractivity contribution is 5.90. The molecule has 4 aromatic carbocycles. The first-order chi connectivity index (χ1) is 15.4. The Hall–Kier alpha value is -4.31. The number of nitrogens with zero attached hydrogens (tertiary/aromatic N) is 3. The highest BCUT2D eigenvalue weighted by Gasteiger charge is 2.25. The molecule has 4 nitrogen and oxygen atoms in total. The van der Waals surface area contributed by atoms with E-state index in [4.69, 9.17) is 4.98 Å². The minimum atomic E-state index is 0.878. The summed E-state index contributed by atoms with van der Waals surface area (Å²) < 4.78 is 2.20. The molecule has 0 atom stereocenters. The minimum absolute atomic E-state index is 0.878. The van der Waals surface area contributed by atoms with Crippen molar-refractivity contribution >= 4 is 34.2 Å². The molecule has 31 heavy (non-hydrogen) atoms. The van der Waals surface area contributed by atoms with Crippen LogP contribution in [0.4, 0.5) is 17.1 Å². The van der Waals surface area contributed by atoms with Crippen molar-refractivity contribution in [1.29, 1.82) is 0 Å². The second-order valence-corrected chi connectivity index (χ2v) is 7.47. The van der Waals surface area contributed by atoms with E-state index < -0.39 is 0 Å². The smallest absolute Gasteiger partial charge is 0.142 e. The number of para-hydroxylation sites is 6. The van der Waals surface area contributed by atoms with Crippen LogP contribution in [-0.4, -0.2) is 9.55 Å². The molecule has 1 N–H and O–H groups in total. The Bertz CT molecular complexity index is 1400. The maximum absolute atomic E-state index is 4.96. The monoisotopic (exact) mass is 400 g/mol. The van der Waals surface area contributed by atoms with Crippen molar-refractivity contribution in [3.8, 4) is 5.69 Å². The lowest BCUT2D eigenvalue weighted by Gasteiger charge is -2.20. The van der Waals surface area contributed by atoms with Crippen molar-refractivity contribution in [3.63, 3.8) is 0 Å². The molecule has 2 heterocycles. The van der Waals surface area contributed by atoms with Crippen LogP contribution < -0.4 is 10.2 Å². The zero-order valence-corrected chi connectivity index (χ0v) is 16.8. The third-order valence-electron chi connectivity index (χ3n) is 5.53. The Morgan fingerprint density at radius 3 is 2.10 bits per heavy atom. The largest absolute Gasteiger partial charge is 0.340 e. The summed E-state index contributed by atoms with van der Waals surface area (Å²) in [6.45, 7) is 0. The summed E-state index contributed by atoms with van der Waals surface area (Å²) in [6, 6.07) is 37.4. The Balaban J connectivity index is 1.57. The van der Waals surface area contributed by atoms with Gasteiger partial charge in [0, 0.05) is 17.5 Å². The quantitative estimate of drug-likeness (QED) is 0.371. The molecule has 0 amide bonds. The first-order valence-corrected chi connectivity index (χ1v) is 10.3. The van der Waals surface area contributed by atoms with Crippen LogP contribution in [-0.2, 0) is 0 Å². The van der Waals surface area contributed by atoms with Gasteiger partial charge in [0.1, 0.15) is 11.6 Å². The molecule has 1 aliphatic rings. The van der Waals surface area contributed by atoms with Gasteiger partial charge < -0.3 is 5.32 Å². The summed E-state index contributed by atoms with van der Waals surface area (Å²) >= 11 is 0. The summed E-state index contributed by atoms with van der Waals surface area (Å²) in [7, 11) is 0. The van der Waals surface area contributed by atoms with E-state index in [1.807, 2.05) is 18.2 Å². The van der Waals surface area contributed by atoms with Gasteiger partial charge in [0.05, 0.1) is 22.4 Å². The fourth-order valence-electron chi connectivity index (χ4n) is 4.17. The fourth-order valence-corrected chi connectivity index (χ4v) is 4.17. The summed E-state index contributed by atoms with van der Waals surface area (Å²) in [5.41, 5.74) is 6.46. The van der Waals surface area contributed by atoms with Gasteiger partial charge >= 0.3 is 0 Å². The van der Waals surface area contributed by atoms with Gasteiger partial charge in [-0.15, -0.1) is 0 Å². The standard InChI is InChI=1S/C27H20N4/c1-3-11-20(12-4-1)30-24-17-9-7-15-22(24)28-26(30)19-27-29-23-16-8-10-18-25(23)31(27)21-13-5-2-6-14-21/h1-19,28H/b26-19+. The van der Waals surface area contributed by atoms with E-state index in [0.29, 0.717) is 0 Å². The zero-order chi connectivity index (χ0) is 20.6. The summed E-state index contributed by atoms with van der Waals surface area (Å²) in [4.78, 5) is 7.20. The lowest BCUT2D eigenvalue weighted by atomic mass is 10.2.